The van der Waals surface area contributed by atoms with Gasteiger partial charge in [0.1, 0.15) is 6.04 Å². The Balaban J connectivity index is 2.52. The molecular formula is C8H15N3O2S. The number of likely N-dealkylation sites (N-methyl/N-ethyl adjacent to an activating group) is 1. The lowest BCUT2D eigenvalue weighted by molar-refractivity contribution is -0.132. The Hall–Kier alpha value is -0.750. The van der Waals surface area contributed by atoms with E-state index in [4.69, 9.17) is 5.73 Å². The van der Waals surface area contributed by atoms with E-state index in [1.807, 2.05) is 6.92 Å². The zero-order chi connectivity index (χ0) is 10.7. The average Bonchev–Trinajstić information content (AvgIpc) is 2.61. The number of nitrogens with zero attached hydrogens (tertiary/aromatic N) is 1. The van der Waals surface area contributed by atoms with Crippen molar-refractivity contribution in [2.75, 3.05) is 19.3 Å². The Morgan fingerprint density at radius 3 is 2.93 bits per heavy atom. The molecule has 1 rings (SSSR count). The molecule has 1 aliphatic heterocycles. The number of hydrogen-bond acceptors (Lipinski definition) is 4. The summed E-state index contributed by atoms with van der Waals surface area (Å²) in [6.07, 6.45) is 0. The van der Waals surface area contributed by atoms with E-state index in [1.165, 1.54) is 0 Å². The number of rotatable bonds is 3. The summed E-state index contributed by atoms with van der Waals surface area (Å²) in [5.41, 5.74) is 5.45. The predicted molar refractivity (Wildman–Crippen MR) is 56.1 cm³/mol. The Morgan fingerprint density at radius 1 is 1.86 bits per heavy atom. The topological polar surface area (TPSA) is 75.4 Å². The number of hydrogen-bond donors (Lipinski definition) is 2. The molecule has 3 N–H and O–H groups in total. The minimum atomic E-state index is -0.383. The van der Waals surface area contributed by atoms with Crippen LogP contribution in [-0.2, 0) is 4.79 Å². The van der Waals surface area contributed by atoms with Gasteiger partial charge in [0.05, 0.1) is 0 Å². The molecule has 1 saturated heterocycles. The molecule has 1 fully saturated rings. The molecule has 14 heavy (non-hydrogen) atoms. The van der Waals surface area contributed by atoms with Crippen LogP contribution in [0.2, 0.25) is 0 Å². The second-order valence-corrected chi connectivity index (χ2v) is 4.32. The van der Waals surface area contributed by atoms with Gasteiger partial charge in [-0.1, -0.05) is 11.8 Å². The molecule has 0 saturated carbocycles. The fourth-order valence-corrected chi connectivity index (χ4v) is 1.91. The molecule has 0 aromatic carbocycles. The van der Waals surface area contributed by atoms with Crippen molar-refractivity contribution in [3.63, 3.8) is 0 Å². The molecule has 0 aromatic heterocycles. The molecule has 2 atom stereocenters. The van der Waals surface area contributed by atoms with Gasteiger partial charge in [-0.15, -0.1) is 0 Å². The second-order valence-electron chi connectivity index (χ2n) is 3.33. The zero-order valence-corrected chi connectivity index (χ0v) is 9.13. The number of carbonyl (C=O) groups excluding carboxylic acids is 2. The number of nitrogens with two attached hydrogens (primary N) is 1. The van der Waals surface area contributed by atoms with Crippen LogP contribution in [-0.4, -0.2) is 47.5 Å². The van der Waals surface area contributed by atoms with Crippen LogP contribution in [0.25, 0.3) is 0 Å². The van der Waals surface area contributed by atoms with Crippen molar-refractivity contribution in [3.05, 3.63) is 0 Å². The molecule has 1 heterocycles. The summed E-state index contributed by atoms with van der Waals surface area (Å²) >= 11 is 1.14. The van der Waals surface area contributed by atoms with Gasteiger partial charge in [0.2, 0.25) is 5.91 Å². The highest BCUT2D eigenvalue weighted by Gasteiger charge is 2.31. The van der Waals surface area contributed by atoms with Crippen LogP contribution in [0.5, 0.6) is 0 Å². The first-order valence-electron chi connectivity index (χ1n) is 4.46. The van der Waals surface area contributed by atoms with Gasteiger partial charge in [-0.3, -0.25) is 9.59 Å². The summed E-state index contributed by atoms with van der Waals surface area (Å²) in [6, 6.07) is -0.378. The van der Waals surface area contributed by atoms with E-state index < -0.39 is 0 Å². The van der Waals surface area contributed by atoms with Gasteiger partial charge < -0.3 is 16.0 Å². The lowest BCUT2D eigenvalue weighted by Gasteiger charge is -2.26. The fraction of sp³-hybridized carbons (Fsp3) is 0.750. The fourth-order valence-electron chi connectivity index (χ4n) is 1.14. The van der Waals surface area contributed by atoms with Crippen molar-refractivity contribution < 1.29 is 9.59 Å². The third-order valence-corrected chi connectivity index (χ3v) is 3.20. The van der Waals surface area contributed by atoms with E-state index in [0.29, 0.717) is 12.3 Å². The highest BCUT2D eigenvalue weighted by Crippen LogP contribution is 2.14. The van der Waals surface area contributed by atoms with Crippen molar-refractivity contribution >= 4 is 22.9 Å². The number of thioether (sulfide) groups is 1. The number of carbonyl (C=O) groups is 2. The first kappa shape index (κ1) is 11.3. The van der Waals surface area contributed by atoms with Gasteiger partial charge in [0.25, 0.3) is 5.24 Å². The molecule has 6 heteroatoms. The largest absolute Gasteiger partial charge is 0.340 e. The molecule has 0 bridgehead atoms. The van der Waals surface area contributed by atoms with Crippen molar-refractivity contribution in [2.45, 2.75) is 19.0 Å². The normalized spacial score (nSPS) is 23.1. The van der Waals surface area contributed by atoms with Crippen molar-refractivity contribution in [3.8, 4) is 0 Å². The highest BCUT2D eigenvalue weighted by molar-refractivity contribution is 8.14. The molecule has 80 valence electrons. The van der Waals surface area contributed by atoms with Crippen LogP contribution in [0.3, 0.4) is 0 Å². The lowest BCUT2D eigenvalue weighted by atomic mass is 10.2. The van der Waals surface area contributed by atoms with E-state index in [2.05, 4.69) is 5.32 Å². The van der Waals surface area contributed by atoms with Crippen LogP contribution in [0.1, 0.15) is 6.92 Å². The van der Waals surface area contributed by atoms with Crippen LogP contribution in [0.4, 0.5) is 4.79 Å². The van der Waals surface area contributed by atoms with Gasteiger partial charge in [-0.25, -0.2) is 0 Å². The van der Waals surface area contributed by atoms with E-state index in [9.17, 15) is 9.59 Å². The summed E-state index contributed by atoms with van der Waals surface area (Å²) in [4.78, 5) is 24.2. The number of nitrogens with one attached hydrogen (secondary N) is 1. The minimum Gasteiger partial charge on any atom is -0.340 e. The van der Waals surface area contributed by atoms with Crippen LogP contribution in [0, 0.1) is 0 Å². The van der Waals surface area contributed by atoms with Gasteiger partial charge in [-0.05, 0) is 6.92 Å². The standard InChI is InChI=1S/C8H15N3O2S/c1-5(3-9)11(2)7(12)6-4-14-8(13)10-6/h5-6H,3-4,9H2,1-2H3,(H,10,13)/t5?,6-/m0/s1. The minimum absolute atomic E-state index is 0.00463. The maximum Gasteiger partial charge on any atom is 0.279 e. The van der Waals surface area contributed by atoms with Crippen molar-refractivity contribution in [1.29, 1.82) is 0 Å². The second kappa shape index (κ2) is 4.65. The van der Waals surface area contributed by atoms with E-state index in [1.54, 1.807) is 11.9 Å². The lowest BCUT2D eigenvalue weighted by Crippen LogP contribution is -2.49. The molecule has 2 amide bonds. The first-order chi connectivity index (χ1) is 6.56. The van der Waals surface area contributed by atoms with E-state index in [-0.39, 0.29) is 23.2 Å². The van der Waals surface area contributed by atoms with Gasteiger partial charge in [-0.2, -0.15) is 0 Å². The summed E-state index contributed by atoms with van der Waals surface area (Å²) in [5, 5.41) is 2.48. The molecule has 1 unspecified atom stereocenters. The third kappa shape index (κ3) is 2.39. The molecule has 0 spiro atoms. The average molecular weight is 217 g/mol. The first-order valence-corrected chi connectivity index (χ1v) is 5.45. The van der Waals surface area contributed by atoms with Gasteiger partial charge >= 0.3 is 0 Å². The predicted octanol–water partition coefficient (Wildman–Crippen LogP) is -0.383. The van der Waals surface area contributed by atoms with Crippen molar-refractivity contribution in [2.24, 2.45) is 5.73 Å². The van der Waals surface area contributed by atoms with Crippen LogP contribution >= 0.6 is 11.8 Å². The number of amides is 2. The van der Waals surface area contributed by atoms with Crippen LogP contribution < -0.4 is 11.1 Å². The molecule has 0 aliphatic carbocycles. The monoisotopic (exact) mass is 217 g/mol. The summed E-state index contributed by atoms with van der Waals surface area (Å²) in [6.45, 7) is 2.30. The SMILES string of the molecule is CC(CN)N(C)C(=O)[C@@H]1CSC(=O)N1. The van der Waals surface area contributed by atoms with E-state index >= 15 is 0 Å². The molecule has 0 aromatic rings. The maximum atomic E-state index is 11.7. The molecule has 5 nitrogen and oxygen atoms in total. The van der Waals surface area contributed by atoms with Gasteiger partial charge in [0.15, 0.2) is 0 Å². The molecule has 1 aliphatic rings. The van der Waals surface area contributed by atoms with Gasteiger partial charge in [0, 0.05) is 25.4 Å². The summed E-state index contributed by atoms with van der Waals surface area (Å²) in [7, 11) is 1.70. The Morgan fingerprint density at radius 2 is 2.50 bits per heavy atom. The summed E-state index contributed by atoms with van der Waals surface area (Å²) < 4.78 is 0. The Bertz CT molecular complexity index is 247. The molecular weight excluding hydrogens is 202 g/mol. The van der Waals surface area contributed by atoms with Crippen molar-refractivity contribution in [1.82, 2.24) is 10.2 Å². The highest BCUT2D eigenvalue weighted by atomic mass is 32.2. The Labute approximate surface area is 87.4 Å². The Kier molecular flexibility index (Phi) is 3.77. The maximum absolute atomic E-state index is 11.7. The zero-order valence-electron chi connectivity index (χ0n) is 8.32. The summed E-state index contributed by atoms with van der Waals surface area (Å²) in [5.74, 6) is 0.445. The smallest absolute Gasteiger partial charge is 0.279 e. The molecule has 0 radical (unpaired) electrons. The third-order valence-electron chi connectivity index (χ3n) is 2.32. The quantitative estimate of drug-likeness (QED) is 0.675. The van der Waals surface area contributed by atoms with E-state index in [0.717, 1.165) is 11.8 Å². The van der Waals surface area contributed by atoms with Crippen LogP contribution in [0.15, 0.2) is 0 Å².